The van der Waals surface area contributed by atoms with E-state index < -0.39 is 17.6 Å². The molecule has 0 aromatic heterocycles. The minimum atomic E-state index is -4.37. The van der Waals surface area contributed by atoms with Crippen LogP contribution < -0.4 is 10.6 Å². The smallest absolute Gasteiger partial charge is 0.385 e. The highest BCUT2D eigenvalue weighted by Crippen LogP contribution is 2.25. The Hall–Kier alpha value is -1.99. The van der Waals surface area contributed by atoms with E-state index in [1.54, 1.807) is 0 Å². The van der Waals surface area contributed by atoms with Crippen molar-refractivity contribution < 1.29 is 18.1 Å². The van der Waals surface area contributed by atoms with E-state index in [2.05, 4.69) is 10.6 Å². The summed E-state index contributed by atoms with van der Waals surface area (Å²) in [4.78, 5) is 10.1. The largest absolute Gasteiger partial charge is 0.405 e. The molecular formula is C11H14F3N3O2. The Balaban J connectivity index is 2.89. The number of anilines is 2. The molecule has 1 aromatic carbocycles. The number of nitrogens with one attached hydrogen (secondary N) is 2. The molecular weight excluding hydrogens is 263 g/mol. The highest BCUT2D eigenvalue weighted by molar-refractivity contribution is 5.63. The maximum atomic E-state index is 12.1. The predicted octanol–water partition coefficient (Wildman–Crippen LogP) is 3.39. The highest BCUT2D eigenvalue weighted by Gasteiger charge is 2.26. The zero-order valence-corrected chi connectivity index (χ0v) is 10.3. The molecule has 0 aliphatic rings. The van der Waals surface area contributed by atoms with Gasteiger partial charge in [-0.15, -0.1) is 0 Å². The zero-order valence-electron chi connectivity index (χ0n) is 10.3. The van der Waals surface area contributed by atoms with Crippen molar-refractivity contribution in [3.8, 4) is 0 Å². The Morgan fingerprint density at radius 1 is 1.21 bits per heavy atom. The van der Waals surface area contributed by atoms with Crippen molar-refractivity contribution in [1.82, 2.24) is 0 Å². The summed E-state index contributed by atoms with van der Waals surface area (Å²) in [6.07, 6.45) is -3.57. The summed E-state index contributed by atoms with van der Waals surface area (Å²) >= 11 is 0. The lowest BCUT2D eigenvalue weighted by molar-refractivity contribution is -0.384. The van der Waals surface area contributed by atoms with Crippen LogP contribution in [0.5, 0.6) is 0 Å². The third-order valence-electron chi connectivity index (χ3n) is 2.20. The van der Waals surface area contributed by atoms with Gasteiger partial charge in [0.15, 0.2) is 0 Å². The van der Waals surface area contributed by atoms with Gasteiger partial charge in [0.25, 0.3) is 5.69 Å². The SMILES string of the molecule is CCCNc1cc(NCC(F)(F)F)cc([N+](=O)[O-])c1. The second kappa shape index (κ2) is 6.26. The first-order chi connectivity index (χ1) is 8.81. The van der Waals surface area contributed by atoms with Crippen LogP contribution in [-0.2, 0) is 0 Å². The molecule has 0 heterocycles. The molecule has 0 aliphatic carbocycles. The third kappa shape index (κ3) is 5.45. The molecule has 0 radical (unpaired) electrons. The average Bonchev–Trinajstić information content (AvgIpc) is 2.32. The fourth-order valence-corrected chi connectivity index (χ4v) is 1.39. The summed E-state index contributed by atoms with van der Waals surface area (Å²) in [5.41, 5.74) is 0.219. The van der Waals surface area contributed by atoms with Crippen LogP contribution in [0.4, 0.5) is 30.2 Å². The number of hydrogen-bond acceptors (Lipinski definition) is 4. The van der Waals surface area contributed by atoms with Gasteiger partial charge in [-0.25, -0.2) is 0 Å². The number of nitrogens with zero attached hydrogens (tertiary/aromatic N) is 1. The van der Waals surface area contributed by atoms with Gasteiger partial charge in [-0.05, 0) is 12.5 Å². The minimum Gasteiger partial charge on any atom is -0.385 e. The number of non-ortho nitro benzene ring substituents is 1. The van der Waals surface area contributed by atoms with Crippen LogP contribution in [0.1, 0.15) is 13.3 Å². The predicted molar refractivity (Wildman–Crippen MR) is 66.4 cm³/mol. The summed E-state index contributed by atoms with van der Waals surface area (Å²) < 4.78 is 36.3. The van der Waals surface area contributed by atoms with Crippen LogP contribution in [0.25, 0.3) is 0 Å². The fraction of sp³-hybridized carbons (Fsp3) is 0.455. The van der Waals surface area contributed by atoms with E-state index in [0.717, 1.165) is 12.5 Å². The molecule has 0 saturated heterocycles. The Morgan fingerprint density at radius 2 is 1.79 bits per heavy atom. The number of nitro groups is 1. The van der Waals surface area contributed by atoms with Crippen LogP contribution in [-0.4, -0.2) is 24.2 Å². The lowest BCUT2D eigenvalue weighted by Gasteiger charge is -2.11. The molecule has 0 fully saturated rings. The van der Waals surface area contributed by atoms with Crippen LogP contribution in [0.15, 0.2) is 18.2 Å². The van der Waals surface area contributed by atoms with E-state index in [9.17, 15) is 23.3 Å². The van der Waals surface area contributed by atoms with Crippen LogP contribution in [0, 0.1) is 10.1 Å². The first-order valence-corrected chi connectivity index (χ1v) is 5.66. The lowest BCUT2D eigenvalue weighted by Crippen LogP contribution is -2.21. The van der Waals surface area contributed by atoms with E-state index >= 15 is 0 Å². The lowest BCUT2D eigenvalue weighted by atomic mass is 10.2. The fourth-order valence-electron chi connectivity index (χ4n) is 1.39. The van der Waals surface area contributed by atoms with Crippen molar-refractivity contribution in [2.45, 2.75) is 19.5 Å². The molecule has 2 N–H and O–H groups in total. The zero-order chi connectivity index (χ0) is 14.5. The van der Waals surface area contributed by atoms with E-state index in [4.69, 9.17) is 0 Å². The first-order valence-electron chi connectivity index (χ1n) is 5.66. The summed E-state index contributed by atoms with van der Waals surface area (Å²) in [5, 5.41) is 15.7. The second-order valence-corrected chi connectivity index (χ2v) is 3.92. The van der Waals surface area contributed by atoms with Gasteiger partial charge < -0.3 is 10.6 Å². The highest BCUT2D eigenvalue weighted by atomic mass is 19.4. The van der Waals surface area contributed by atoms with Gasteiger partial charge in [-0.2, -0.15) is 13.2 Å². The Morgan fingerprint density at radius 3 is 2.26 bits per heavy atom. The maximum absolute atomic E-state index is 12.1. The molecule has 0 amide bonds. The van der Waals surface area contributed by atoms with E-state index in [-0.39, 0.29) is 11.4 Å². The number of alkyl halides is 3. The van der Waals surface area contributed by atoms with Gasteiger partial charge in [0, 0.05) is 30.1 Å². The standard InChI is InChI=1S/C11H14F3N3O2/c1-2-3-15-8-4-9(16-7-11(12,13)14)6-10(5-8)17(18)19/h4-6,15-16H,2-3,7H2,1H3. The summed E-state index contributed by atoms with van der Waals surface area (Å²) in [7, 11) is 0. The van der Waals surface area contributed by atoms with Crippen molar-refractivity contribution in [2.24, 2.45) is 0 Å². The number of hydrogen-bond donors (Lipinski definition) is 2. The van der Waals surface area contributed by atoms with E-state index in [1.165, 1.54) is 12.1 Å². The van der Waals surface area contributed by atoms with Gasteiger partial charge in [0.05, 0.1) is 4.92 Å². The normalized spacial score (nSPS) is 11.2. The summed E-state index contributed by atoms with van der Waals surface area (Å²) in [6.45, 7) is 1.26. The van der Waals surface area contributed by atoms with Crippen molar-refractivity contribution in [1.29, 1.82) is 0 Å². The molecule has 1 aromatic rings. The molecule has 0 saturated carbocycles. The van der Waals surface area contributed by atoms with E-state index in [0.29, 0.717) is 12.2 Å². The van der Waals surface area contributed by atoms with E-state index in [1.807, 2.05) is 6.92 Å². The van der Waals surface area contributed by atoms with Crippen molar-refractivity contribution >= 4 is 17.1 Å². The number of benzene rings is 1. The van der Waals surface area contributed by atoms with Gasteiger partial charge in [0.1, 0.15) is 6.54 Å². The van der Waals surface area contributed by atoms with Crippen LogP contribution in [0.2, 0.25) is 0 Å². The third-order valence-corrected chi connectivity index (χ3v) is 2.20. The Labute approximate surface area is 108 Å². The quantitative estimate of drug-likeness (QED) is 0.617. The average molecular weight is 277 g/mol. The Bertz CT molecular complexity index is 449. The van der Waals surface area contributed by atoms with Gasteiger partial charge >= 0.3 is 6.18 Å². The maximum Gasteiger partial charge on any atom is 0.405 e. The molecule has 8 heteroatoms. The number of nitro benzene ring substituents is 1. The van der Waals surface area contributed by atoms with Crippen molar-refractivity contribution in [3.05, 3.63) is 28.3 Å². The van der Waals surface area contributed by atoms with Gasteiger partial charge in [0.2, 0.25) is 0 Å². The topological polar surface area (TPSA) is 67.2 Å². The number of rotatable bonds is 6. The molecule has 5 nitrogen and oxygen atoms in total. The Kier molecular flexibility index (Phi) is 4.96. The molecule has 0 spiro atoms. The molecule has 106 valence electrons. The molecule has 1 rings (SSSR count). The molecule has 19 heavy (non-hydrogen) atoms. The van der Waals surface area contributed by atoms with Crippen molar-refractivity contribution in [3.63, 3.8) is 0 Å². The van der Waals surface area contributed by atoms with Crippen LogP contribution in [0.3, 0.4) is 0 Å². The minimum absolute atomic E-state index is 0.0603. The monoisotopic (exact) mass is 277 g/mol. The molecule has 0 bridgehead atoms. The van der Waals surface area contributed by atoms with Crippen molar-refractivity contribution in [2.75, 3.05) is 23.7 Å². The first kappa shape index (κ1) is 15.1. The molecule has 0 aliphatic heterocycles. The van der Waals surface area contributed by atoms with Crippen LogP contribution >= 0.6 is 0 Å². The molecule has 0 unspecified atom stereocenters. The van der Waals surface area contributed by atoms with Gasteiger partial charge in [-0.3, -0.25) is 10.1 Å². The van der Waals surface area contributed by atoms with Gasteiger partial charge in [-0.1, -0.05) is 6.92 Å². The second-order valence-electron chi connectivity index (χ2n) is 3.92. The summed E-state index contributed by atoms with van der Waals surface area (Å²) in [6, 6.07) is 3.77. The summed E-state index contributed by atoms with van der Waals surface area (Å²) in [5.74, 6) is 0. The number of halogens is 3. The molecule has 0 atom stereocenters.